The first-order chi connectivity index (χ1) is 13.8. The lowest BCUT2D eigenvalue weighted by Gasteiger charge is -2.47. The van der Waals surface area contributed by atoms with Crippen molar-refractivity contribution in [1.29, 1.82) is 0 Å². The maximum Gasteiger partial charge on any atom is 0.393 e. The molecule has 3 aromatic heterocycles. The summed E-state index contributed by atoms with van der Waals surface area (Å²) in [6.45, 7) is 4.62. The van der Waals surface area contributed by atoms with Crippen molar-refractivity contribution >= 4 is 27.4 Å². The van der Waals surface area contributed by atoms with Gasteiger partial charge in [0.1, 0.15) is 17.0 Å². The second kappa shape index (κ2) is 6.66. The fourth-order valence-electron chi connectivity index (χ4n) is 4.59. The summed E-state index contributed by atoms with van der Waals surface area (Å²) in [6.07, 6.45) is -0.646. The van der Waals surface area contributed by atoms with Gasteiger partial charge in [-0.3, -0.25) is 9.58 Å². The van der Waals surface area contributed by atoms with Gasteiger partial charge in [0, 0.05) is 56.3 Å². The standard InChI is InChI=1S/C19H21F3N6S/c1-26-4-2-13(25-26)8-27-9-18(10-27)3-5-28(11-18)16-15-6-14(7-19(20,21)22)29-17(15)24-12-23-16/h2,4,6,12H,3,5,7-11H2,1H3. The van der Waals surface area contributed by atoms with E-state index >= 15 is 0 Å². The van der Waals surface area contributed by atoms with Crippen molar-refractivity contribution in [2.45, 2.75) is 25.6 Å². The van der Waals surface area contributed by atoms with E-state index in [-0.39, 0.29) is 10.3 Å². The highest BCUT2D eigenvalue weighted by Crippen LogP contribution is 2.43. The molecule has 2 saturated heterocycles. The molecule has 2 aliphatic rings. The number of hydrogen-bond acceptors (Lipinski definition) is 6. The molecular weight excluding hydrogens is 401 g/mol. The maximum absolute atomic E-state index is 12.8. The first kappa shape index (κ1) is 18.8. The SMILES string of the molecule is Cn1ccc(CN2CC3(CCN(c4ncnc5sc(CC(F)(F)F)cc45)C3)C2)n1. The van der Waals surface area contributed by atoms with Crippen molar-refractivity contribution in [1.82, 2.24) is 24.6 Å². The summed E-state index contributed by atoms with van der Waals surface area (Å²) in [5.41, 5.74) is 1.31. The summed E-state index contributed by atoms with van der Waals surface area (Å²) in [6, 6.07) is 3.65. The van der Waals surface area contributed by atoms with Crippen LogP contribution in [-0.4, -0.2) is 57.0 Å². The third kappa shape index (κ3) is 3.71. The second-order valence-electron chi connectivity index (χ2n) is 8.22. The third-order valence-corrected chi connectivity index (χ3v) is 6.79. The van der Waals surface area contributed by atoms with E-state index in [1.807, 2.05) is 24.0 Å². The largest absolute Gasteiger partial charge is 0.393 e. The lowest BCUT2D eigenvalue weighted by molar-refractivity contribution is -0.126. The van der Waals surface area contributed by atoms with Crippen LogP contribution in [0, 0.1) is 5.41 Å². The fraction of sp³-hybridized carbons (Fsp3) is 0.526. The van der Waals surface area contributed by atoms with Gasteiger partial charge < -0.3 is 4.90 Å². The highest BCUT2D eigenvalue weighted by molar-refractivity contribution is 7.18. The summed E-state index contributed by atoms with van der Waals surface area (Å²) in [7, 11) is 1.92. The Bertz CT molecular complexity index is 1040. The molecule has 3 aromatic rings. The molecule has 0 bridgehead atoms. The molecule has 6 nitrogen and oxygen atoms in total. The van der Waals surface area contributed by atoms with Gasteiger partial charge in [-0.2, -0.15) is 18.3 Å². The Morgan fingerprint density at radius 3 is 2.76 bits per heavy atom. The summed E-state index contributed by atoms with van der Waals surface area (Å²) < 4.78 is 40.1. The van der Waals surface area contributed by atoms with Crippen molar-refractivity contribution in [2.24, 2.45) is 12.5 Å². The summed E-state index contributed by atoms with van der Waals surface area (Å²) in [5.74, 6) is 0.764. The number of thiophene rings is 1. The minimum Gasteiger partial charge on any atom is -0.355 e. The van der Waals surface area contributed by atoms with Crippen LogP contribution < -0.4 is 4.90 Å². The van der Waals surface area contributed by atoms with Crippen LogP contribution in [0.15, 0.2) is 24.7 Å². The molecule has 0 N–H and O–H groups in total. The smallest absolute Gasteiger partial charge is 0.355 e. The van der Waals surface area contributed by atoms with E-state index in [4.69, 9.17) is 0 Å². The van der Waals surface area contributed by atoms with Crippen LogP contribution in [0.1, 0.15) is 17.0 Å². The average molecular weight is 422 g/mol. The van der Waals surface area contributed by atoms with E-state index in [0.29, 0.717) is 4.83 Å². The van der Waals surface area contributed by atoms with Crippen molar-refractivity contribution < 1.29 is 13.2 Å². The van der Waals surface area contributed by atoms with Gasteiger partial charge in [0.25, 0.3) is 0 Å². The lowest BCUT2D eigenvalue weighted by Crippen LogP contribution is -2.56. The van der Waals surface area contributed by atoms with Gasteiger partial charge in [-0.15, -0.1) is 11.3 Å². The molecule has 2 aliphatic heterocycles. The molecule has 5 heterocycles. The average Bonchev–Trinajstić information content (AvgIpc) is 3.30. The summed E-state index contributed by atoms with van der Waals surface area (Å²) >= 11 is 1.11. The van der Waals surface area contributed by atoms with E-state index in [9.17, 15) is 13.2 Å². The molecule has 1 spiro atoms. The first-order valence-electron chi connectivity index (χ1n) is 9.55. The molecule has 0 unspecified atom stereocenters. The Labute approximate surface area is 170 Å². The number of likely N-dealkylation sites (tertiary alicyclic amines) is 1. The molecule has 10 heteroatoms. The second-order valence-corrected chi connectivity index (χ2v) is 9.33. The summed E-state index contributed by atoms with van der Waals surface area (Å²) in [5, 5.41) is 5.18. The molecule has 29 heavy (non-hydrogen) atoms. The van der Waals surface area contributed by atoms with E-state index in [1.54, 1.807) is 6.07 Å². The Morgan fingerprint density at radius 1 is 1.21 bits per heavy atom. The zero-order valence-electron chi connectivity index (χ0n) is 16.0. The first-order valence-corrected chi connectivity index (χ1v) is 10.4. The number of anilines is 1. The Balaban J connectivity index is 1.28. The van der Waals surface area contributed by atoms with Crippen molar-refractivity contribution in [3.63, 3.8) is 0 Å². The predicted octanol–water partition coefficient (Wildman–Crippen LogP) is 3.24. The van der Waals surface area contributed by atoms with Crippen LogP contribution in [0.25, 0.3) is 10.2 Å². The van der Waals surface area contributed by atoms with E-state index < -0.39 is 12.6 Å². The molecule has 154 valence electrons. The van der Waals surface area contributed by atoms with Crippen LogP contribution in [0.5, 0.6) is 0 Å². The number of hydrogen-bond donors (Lipinski definition) is 0. The fourth-order valence-corrected chi connectivity index (χ4v) is 5.62. The van der Waals surface area contributed by atoms with Gasteiger partial charge in [0.05, 0.1) is 17.5 Å². The van der Waals surface area contributed by atoms with E-state index in [2.05, 4.69) is 24.9 Å². The van der Waals surface area contributed by atoms with Gasteiger partial charge in [-0.1, -0.05) is 0 Å². The quantitative estimate of drug-likeness (QED) is 0.646. The molecule has 0 aromatic carbocycles. The van der Waals surface area contributed by atoms with Gasteiger partial charge >= 0.3 is 6.18 Å². The Kier molecular flexibility index (Phi) is 4.32. The maximum atomic E-state index is 12.8. The zero-order valence-corrected chi connectivity index (χ0v) is 16.8. The molecule has 0 radical (unpaired) electrons. The molecule has 0 saturated carbocycles. The van der Waals surface area contributed by atoms with Crippen LogP contribution in [0.2, 0.25) is 0 Å². The van der Waals surface area contributed by atoms with E-state index in [0.717, 1.165) is 67.4 Å². The van der Waals surface area contributed by atoms with Crippen LogP contribution in [-0.2, 0) is 20.0 Å². The van der Waals surface area contributed by atoms with Gasteiger partial charge in [-0.25, -0.2) is 9.97 Å². The van der Waals surface area contributed by atoms with Crippen LogP contribution >= 0.6 is 11.3 Å². The topological polar surface area (TPSA) is 50.1 Å². The number of alkyl halides is 3. The molecular formula is C19H21F3N6S. The van der Waals surface area contributed by atoms with Gasteiger partial charge in [-0.05, 0) is 18.6 Å². The number of fused-ring (bicyclic) bond motifs is 1. The molecule has 2 fully saturated rings. The number of halogens is 3. The highest BCUT2D eigenvalue weighted by Gasteiger charge is 2.48. The van der Waals surface area contributed by atoms with Crippen LogP contribution in [0.4, 0.5) is 19.0 Å². The highest BCUT2D eigenvalue weighted by atomic mass is 32.1. The van der Waals surface area contributed by atoms with Crippen molar-refractivity contribution in [2.75, 3.05) is 31.1 Å². The minimum atomic E-state index is -4.21. The van der Waals surface area contributed by atoms with Crippen molar-refractivity contribution in [3.8, 4) is 0 Å². The molecule has 0 amide bonds. The number of aromatic nitrogens is 4. The third-order valence-electron chi connectivity index (χ3n) is 5.74. The molecule has 0 aliphatic carbocycles. The van der Waals surface area contributed by atoms with E-state index in [1.165, 1.54) is 6.33 Å². The normalized spacial score (nSPS) is 19.4. The predicted molar refractivity (Wildman–Crippen MR) is 105 cm³/mol. The lowest BCUT2D eigenvalue weighted by atomic mass is 9.79. The summed E-state index contributed by atoms with van der Waals surface area (Å²) in [4.78, 5) is 14.1. The Hall–Kier alpha value is -2.20. The number of nitrogens with zero attached hydrogens (tertiary/aromatic N) is 6. The van der Waals surface area contributed by atoms with Crippen LogP contribution in [0.3, 0.4) is 0 Å². The monoisotopic (exact) mass is 422 g/mol. The number of rotatable bonds is 4. The van der Waals surface area contributed by atoms with Gasteiger partial charge in [0.15, 0.2) is 0 Å². The number of aryl methyl sites for hydroxylation is 1. The zero-order chi connectivity index (χ0) is 20.2. The van der Waals surface area contributed by atoms with Crippen molar-refractivity contribution in [3.05, 3.63) is 35.2 Å². The molecule has 5 rings (SSSR count). The Morgan fingerprint density at radius 2 is 2.03 bits per heavy atom. The minimum absolute atomic E-state index is 0.233. The molecule has 0 atom stereocenters. The van der Waals surface area contributed by atoms with Gasteiger partial charge in [0.2, 0.25) is 0 Å².